The van der Waals surface area contributed by atoms with Gasteiger partial charge in [0.2, 0.25) is 0 Å². The van der Waals surface area contributed by atoms with Crippen LogP contribution in [0.1, 0.15) is 16.7 Å². The summed E-state index contributed by atoms with van der Waals surface area (Å²) in [4.78, 5) is 1.42. The molecule has 1 heterocycles. The van der Waals surface area contributed by atoms with Crippen LogP contribution in [0, 0.1) is 5.82 Å². The third-order valence-corrected chi connectivity index (χ3v) is 7.03. The monoisotopic (exact) mass is 429 g/mol. The highest BCUT2D eigenvalue weighted by Gasteiger charge is 2.31. The molecule has 5 heteroatoms. The SMILES string of the molecule is [O-][SH+]1C(c2ccc(F)cc2)=C(Br)c2ccc(OCc3ccccc3)cc21. The number of thiol groups is 1. The molecule has 1 atom stereocenters. The van der Waals surface area contributed by atoms with E-state index in [0.717, 1.165) is 26.1 Å². The van der Waals surface area contributed by atoms with Gasteiger partial charge in [-0.1, -0.05) is 30.3 Å². The highest BCUT2D eigenvalue weighted by Crippen LogP contribution is 2.48. The van der Waals surface area contributed by atoms with Crippen molar-refractivity contribution in [1.82, 2.24) is 0 Å². The van der Waals surface area contributed by atoms with Gasteiger partial charge >= 0.3 is 0 Å². The summed E-state index contributed by atoms with van der Waals surface area (Å²) in [5, 5.41) is 0. The van der Waals surface area contributed by atoms with Crippen molar-refractivity contribution in [1.29, 1.82) is 0 Å². The lowest BCUT2D eigenvalue weighted by Gasteiger charge is -2.16. The predicted molar refractivity (Wildman–Crippen MR) is 107 cm³/mol. The van der Waals surface area contributed by atoms with Gasteiger partial charge in [0.15, 0.2) is 0 Å². The lowest BCUT2D eigenvalue weighted by molar-refractivity contribution is 0.305. The lowest BCUT2D eigenvalue weighted by Crippen LogP contribution is -2.01. The average Bonchev–Trinajstić information content (AvgIpc) is 2.92. The van der Waals surface area contributed by atoms with Crippen LogP contribution in [0.5, 0.6) is 5.75 Å². The number of hydrogen-bond acceptors (Lipinski definition) is 2. The van der Waals surface area contributed by atoms with Crippen molar-refractivity contribution in [2.45, 2.75) is 11.5 Å². The molecule has 1 radical (unpaired) electrons. The second-order valence-corrected chi connectivity index (χ2v) is 8.23. The zero-order chi connectivity index (χ0) is 18.1. The fourth-order valence-corrected chi connectivity index (χ4v) is 5.67. The third kappa shape index (κ3) is 3.30. The van der Waals surface area contributed by atoms with E-state index in [-0.39, 0.29) is 5.82 Å². The average molecular weight is 430 g/mol. The van der Waals surface area contributed by atoms with Gasteiger partial charge in [0.1, 0.15) is 28.0 Å². The van der Waals surface area contributed by atoms with E-state index in [9.17, 15) is 8.94 Å². The van der Waals surface area contributed by atoms with Crippen molar-refractivity contribution in [2.24, 2.45) is 0 Å². The Labute approximate surface area is 162 Å². The van der Waals surface area contributed by atoms with Crippen molar-refractivity contribution >= 4 is 36.5 Å². The van der Waals surface area contributed by atoms with Crippen LogP contribution in [0.3, 0.4) is 0 Å². The van der Waals surface area contributed by atoms with Gasteiger partial charge in [0.05, 0.1) is 4.48 Å². The first-order valence-corrected chi connectivity index (χ1v) is 10.1. The Morgan fingerprint density at radius 1 is 0.962 bits per heavy atom. The molecular weight excluding hydrogens is 415 g/mol. The molecule has 0 saturated carbocycles. The number of halogens is 2. The van der Waals surface area contributed by atoms with Crippen LogP contribution >= 0.6 is 15.9 Å². The van der Waals surface area contributed by atoms with E-state index < -0.39 is 11.2 Å². The van der Waals surface area contributed by atoms with Crippen LogP contribution < -0.4 is 4.74 Å². The Morgan fingerprint density at radius 2 is 1.69 bits per heavy atom. The molecule has 26 heavy (non-hydrogen) atoms. The molecule has 0 spiro atoms. The molecule has 1 aliphatic heterocycles. The van der Waals surface area contributed by atoms with E-state index in [2.05, 4.69) is 15.9 Å². The molecular formula is C21H15BrFO2S. The molecule has 0 aromatic heterocycles. The summed E-state index contributed by atoms with van der Waals surface area (Å²) in [6.07, 6.45) is 0. The van der Waals surface area contributed by atoms with Gasteiger partial charge < -0.3 is 9.29 Å². The van der Waals surface area contributed by atoms with E-state index in [1.807, 2.05) is 48.5 Å². The standard InChI is InChI=1S/C21H15BrFO2S/c22-20-18-11-10-17(25-13-14-4-2-1-3-5-14)12-19(18)26(24)21(20)15-6-8-16(23)9-7-15/h1-12,26H,13H2. The number of rotatable bonds is 4. The molecule has 3 aromatic rings. The third-order valence-electron chi connectivity index (χ3n) is 4.20. The molecule has 1 unspecified atom stereocenters. The summed E-state index contributed by atoms with van der Waals surface area (Å²) < 4.78 is 32.9. The van der Waals surface area contributed by atoms with E-state index >= 15 is 0 Å². The zero-order valence-corrected chi connectivity index (χ0v) is 16.1. The van der Waals surface area contributed by atoms with Gasteiger partial charge in [-0.3, -0.25) is 0 Å². The Bertz CT molecular complexity index is 971. The molecule has 0 amide bonds. The Morgan fingerprint density at radius 3 is 2.42 bits per heavy atom. The Kier molecular flexibility index (Phi) is 4.85. The summed E-state index contributed by atoms with van der Waals surface area (Å²) >= 11 is 1.79. The maximum atomic E-state index is 13.2. The summed E-state index contributed by atoms with van der Waals surface area (Å²) in [7, 11) is 0. The molecule has 0 fully saturated rings. The summed E-state index contributed by atoms with van der Waals surface area (Å²) in [5.41, 5.74) is 2.71. The van der Waals surface area contributed by atoms with Crippen LogP contribution in [0.15, 0.2) is 77.7 Å². The molecule has 2 nitrogen and oxygen atoms in total. The highest BCUT2D eigenvalue weighted by atomic mass is 79.9. The quantitative estimate of drug-likeness (QED) is 0.406. The molecule has 0 N–H and O–H groups in total. The number of ether oxygens (including phenoxy) is 1. The topological polar surface area (TPSA) is 32.3 Å². The van der Waals surface area contributed by atoms with Crippen molar-refractivity contribution < 1.29 is 13.7 Å². The van der Waals surface area contributed by atoms with Gasteiger partial charge in [-0.2, -0.15) is 0 Å². The minimum atomic E-state index is -1.77. The first-order chi connectivity index (χ1) is 12.6. The van der Waals surface area contributed by atoms with Crippen molar-refractivity contribution in [3.05, 3.63) is 95.3 Å². The second-order valence-electron chi connectivity index (χ2n) is 5.92. The van der Waals surface area contributed by atoms with Crippen LogP contribution in [0.25, 0.3) is 9.39 Å². The van der Waals surface area contributed by atoms with Gasteiger partial charge in [-0.25, -0.2) is 4.39 Å². The highest BCUT2D eigenvalue weighted by molar-refractivity contribution is 9.15. The molecule has 4 rings (SSSR count). The maximum Gasteiger partial charge on any atom is 0.136 e. The fourth-order valence-electron chi connectivity index (χ4n) is 2.88. The molecule has 0 aliphatic carbocycles. The smallest absolute Gasteiger partial charge is 0.136 e. The first kappa shape index (κ1) is 17.3. The molecule has 131 valence electrons. The van der Waals surface area contributed by atoms with Crippen LogP contribution in [-0.4, -0.2) is 4.55 Å². The summed E-state index contributed by atoms with van der Waals surface area (Å²) in [6, 6.07) is 21.6. The minimum absolute atomic E-state index is 0.312. The molecule has 1 aliphatic rings. The zero-order valence-electron chi connectivity index (χ0n) is 13.7. The van der Waals surface area contributed by atoms with Gasteiger partial charge in [-0.05, 0) is 57.9 Å². The lowest BCUT2D eigenvalue weighted by atomic mass is 10.1. The summed E-state index contributed by atoms with van der Waals surface area (Å²) in [5.74, 6) is 0.365. The predicted octanol–water partition coefficient (Wildman–Crippen LogP) is 5.48. The first-order valence-electron chi connectivity index (χ1n) is 8.07. The number of benzene rings is 3. The Hall–Kier alpha value is -2.08. The summed E-state index contributed by atoms with van der Waals surface area (Å²) in [6.45, 7) is 0.454. The van der Waals surface area contributed by atoms with E-state index in [0.29, 0.717) is 17.3 Å². The largest absolute Gasteiger partial charge is 0.646 e. The van der Waals surface area contributed by atoms with Crippen LogP contribution in [0.4, 0.5) is 4.39 Å². The van der Waals surface area contributed by atoms with Crippen molar-refractivity contribution in [2.75, 3.05) is 0 Å². The molecule has 3 aromatic carbocycles. The van der Waals surface area contributed by atoms with Gasteiger partial charge in [0.25, 0.3) is 0 Å². The van der Waals surface area contributed by atoms with Crippen molar-refractivity contribution in [3.63, 3.8) is 0 Å². The fraction of sp³-hybridized carbons (Fsp3) is 0.0476. The van der Waals surface area contributed by atoms with Crippen LogP contribution in [-0.2, 0) is 17.8 Å². The van der Waals surface area contributed by atoms with E-state index in [4.69, 9.17) is 4.74 Å². The van der Waals surface area contributed by atoms with Gasteiger partial charge in [0, 0.05) is 17.2 Å². The number of fused-ring (bicyclic) bond motifs is 1. The van der Waals surface area contributed by atoms with Crippen molar-refractivity contribution in [3.8, 4) is 5.75 Å². The van der Waals surface area contributed by atoms with Crippen LogP contribution in [0.2, 0.25) is 0 Å². The van der Waals surface area contributed by atoms with E-state index in [1.165, 1.54) is 12.1 Å². The maximum absolute atomic E-state index is 13.2. The molecule has 0 saturated heterocycles. The number of hydrogen-bond donors (Lipinski definition) is 0. The van der Waals surface area contributed by atoms with Gasteiger partial charge in [-0.15, -0.1) is 11.2 Å². The second kappa shape index (κ2) is 7.27. The normalized spacial score (nSPS) is 15.9. The molecule has 0 bridgehead atoms. The Balaban J connectivity index is 1.59. The van der Waals surface area contributed by atoms with E-state index in [1.54, 1.807) is 12.1 Å². The minimum Gasteiger partial charge on any atom is -0.646 e.